The van der Waals surface area contributed by atoms with Gasteiger partial charge in [0.2, 0.25) is 5.91 Å². The third-order valence-electron chi connectivity index (χ3n) is 3.09. The Balaban J connectivity index is 4.55. The SMILES string of the molecule is CCN(CC)CCN(CC(C)C)C(=O)C(C)(C)C. The van der Waals surface area contributed by atoms with E-state index in [2.05, 4.69) is 32.6 Å². The topological polar surface area (TPSA) is 23.6 Å². The van der Waals surface area contributed by atoms with E-state index in [-0.39, 0.29) is 11.3 Å². The highest BCUT2D eigenvalue weighted by Crippen LogP contribution is 2.18. The first-order chi connectivity index (χ1) is 8.22. The summed E-state index contributed by atoms with van der Waals surface area (Å²) in [6.45, 7) is 19.4. The molecule has 0 aromatic heterocycles. The Morgan fingerprint density at radius 3 is 1.89 bits per heavy atom. The van der Waals surface area contributed by atoms with E-state index in [1.54, 1.807) is 0 Å². The summed E-state index contributed by atoms with van der Waals surface area (Å²) in [6.07, 6.45) is 0. The highest BCUT2D eigenvalue weighted by molar-refractivity contribution is 5.81. The Bertz CT molecular complexity index is 239. The number of hydrogen-bond acceptors (Lipinski definition) is 2. The average Bonchev–Trinajstić information content (AvgIpc) is 2.26. The number of hydrogen-bond donors (Lipinski definition) is 0. The molecule has 18 heavy (non-hydrogen) atoms. The predicted octanol–water partition coefficient (Wildman–Crippen LogP) is 2.86. The average molecular weight is 256 g/mol. The Morgan fingerprint density at radius 2 is 1.56 bits per heavy atom. The van der Waals surface area contributed by atoms with Crippen LogP contribution in [0.1, 0.15) is 48.5 Å². The highest BCUT2D eigenvalue weighted by Gasteiger charge is 2.27. The van der Waals surface area contributed by atoms with Crippen LogP contribution in [0, 0.1) is 11.3 Å². The zero-order valence-corrected chi connectivity index (χ0v) is 13.4. The van der Waals surface area contributed by atoms with Gasteiger partial charge in [0.15, 0.2) is 0 Å². The molecule has 108 valence electrons. The highest BCUT2D eigenvalue weighted by atomic mass is 16.2. The summed E-state index contributed by atoms with van der Waals surface area (Å²) in [4.78, 5) is 16.8. The van der Waals surface area contributed by atoms with Crippen LogP contribution >= 0.6 is 0 Å². The Kier molecular flexibility index (Phi) is 7.53. The van der Waals surface area contributed by atoms with Crippen LogP contribution in [0.25, 0.3) is 0 Å². The zero-order chi connectivity index (χ0) is 14.3. The van der Waals surface area contributed by atoms with Crippen LogP contribution in [0.15, 0.2) is 0 Å². The fourth-order valence-corrected chi connectivity index (χ4v) is 1.99. The number of nitrogens with zero attached hydrogens (tertiary/aromatic N) is 2. The molecule has 0 saturated carbocycles. The molecule has 0 radical (unpaired) electrons. The summed E-state index contributed by atoms with van der Waals surface area (Å²) >= 11 is 0. The van der Waals surface area contributed by atoms with Crippen molar-refractivity contribution in [3.05, 3.63) is 0 Å². The number of carbonyl (C=O) groups excluding carboxylic acids is 1. The first-order valence-corrected chi connectivity index (χ1v) is 7.24. The quantitative estimate of drug-likeness (QED) is 0.699. The van der Waals surface area contributed by atoms with Gasteiger partial charge in [0.25, 0.3) is 0 Å². The number of carbonyl (C=O) groups is 1. The molecule has 3 heteroatoms. The first kappa shape index (κ1) is 17.4. The molecule has 1 amide bonds. The minimum absolute atomic E-state index is 0.267. The van der Waals surface area contributed by atoms with Gasteiger partial charge >= 0.3 is 0 Å². The van der Waals surface area contributed by atoms with E-state index in [4.69, 9.17) is 0 Å². The second kappa shape index (κ2) is 7.78. The van der Waals surface area contributed by atoms with Gasteiger partial charge in [-0.2, -0.15) is 0 Å². The van der Waals surface area contributed by atoms with E-state index in [1.165, 1.54) is 0 Å². The lowest BCUT2D eigenvalue weighted by molar-refractivity contribution is -0.140. The van der Waals surface area contributed by atoms with Crippen LogP contribution < -0.4 is 0 Å². The molecule has 0 aromatic rings. The Morgan fingerprint density at radius 1 is 1.06 bits per heavy atom. The van der Waals surface area contributed by atoms with E-state index in [0.29, 0.717) is 5.92 Å². The van der Waals surface area contributed by atoms with Crippen molar-refractivity contribution < 1.29 is 4.79 Å². The summed E-state index contributed by atoms with van der Waals surface area (Å²) in [5.74, 6) is 0.788. The van der Waals surface area contributed by atoms with Crippen molar-refractivity contribution in [1.82, 2.24) is 9.80 Å². The van der Waals surface area contributed by atoms with E-state index >= 15 is 0 Å². The van der Waals surface area contributed by atoms with Gasteiger partial charge < -0.3 is 9.80 Å². The molecule has 0 N–H and O–H groups in total. The molecule has 0 bridgehead atoms. The molecule has 0 aromatic carbocycles. The zero-order valence-electron chi connectivity index (χ0n) is 13.4. The lowest BCUT2D eigenvalue weighted by atomic mass is 9.94. The van der Waals surface area contributed by atoms with Crippen molar-refractivity contribution in [1.29, 1.82) is 0 Å². The molecule has 0 atom stereocenters. The number of rotatable bonds is 7. The molecule has 0 aliphatic rings. The van der Waals surface area contributed by atoms with Gasteiger partial charge in [-0.25, -0.2) is 0 Å². The molecule has 0 heterocycles. The number of amides is 1. The fraction of sp³-hybridized carbons (Fsp3) is 0.933. The van der Waals surface area contributed by atoms with Gasteiger partial charge in [-0.3, -0.25) is 4.79 Å². The summed E-state index contributed by atoms with van der Waals surface area (Å²) in [5, 5.41) is 0. The summed E-state index contributed by atoms with van der Waals surface area (Å²) in [7, 11) is 0. The van der Waals surface area contributed by atoms with Crippen LogP contribution in [-0.4, -0.2) is 48.4 Å². The summed E-state index contributed by atoms with van der Waals surface area (Å²) in [5.41, 5.74) is -0.280. The predicted molar refractivity (Wildman–Crippen MR) is 78.7 cm³/mol. The molecule has 3 nitrogen and oxygen atoms in total. The normalized spacial score (nSPS) is 12.3. The largest absolute Gasteiger partial charge is 0.341 e. The molecular formula is C15H32N2O. The molecule has 0 aliphatic carbocycles. The van der Waals surface area contributed by atoms with Crippen LogP contribution in [0.5, 0.6) is 0 Å². The van der Waals surface area contributed by atoms with Crippen molar-refractivity contribution in [2.45, 2.75) is 48.5 Å². The Hall–Kier alpha value is -0.570. The van der Waals surface area contributed by atoms with Gasteiger partial charge in [0.1, 0.15) is 0 Å². The van der Waals surface area contributed by atoms with Gasteiger partial charge in [0, 0.05) is 25.0 Å². The van der Waals surface area contributed by atoms with Crippen LogP contribution in [0.2, 0.25) is 0 Å². The van der Waals surface area contributed by atoms with Crippen molar-refractivity contribution in [2.24, 2.45) is 11.3 Å². The standard InChI is InChI=1S/C15H32N2O/c1-8-16(9-2)10-11-17(12-13(3)4)14(18)15(5,6)7/h13H,8-12H2,1-7H3. The summed E-state index contributed by atoms with van der Waals surface area (Å²) in [6, 6.07) is 0. The first-order valence-electron chi connectivity index (χ1n) is 7.24. The van der Waals surface area contributed by atoms with E-state index < -0.39 is 0 Å². The monoisotopic (exact) mass is 256 g/mol. The maximum absolute atomic E-state index is 12.4. The second-order valence-electron chi connectivity index (χ2n) is 6.42. The second-order valence-corrected chi connectivity index (χ2v) is 6.42. The molecule has 0 unspecified atom stereocenters. The van der Waals surface area contributed by atoms with Crippen LogP contribution in [-0.2, 0) is 4.79 Å². The van der Waals surface area contributed by atoms with Crippen LogP contribution in [0.3, 0.4) is 0 Å². The third-order valence-corrected chi connectivity index (χ3v) is 3.09. The molecule has 0 aliphatic heterocycles. The Labute approximate surface area is 114 Å². The van der Waals surface area contributed by atoms with E-state index in [9.17, 15) is 4.79 Å². The smallest absolute Gasteiger partial charge is 0.227 e. The maximum atomic E-state index is 12.4. The van der Waals surface area contributed by atoms with Crippen LogP contribution in [0.4, 0.5) is 0 Å². The molecule has 0 saturated heterocycles. The van der Waals surface area contributed by atoms with Crippen molar-refractivity contribution >= 4 is 5.91 Å². The van der Waals surface area contributed by atoms with Gasteiger partial charge in [-0.05, 0) is 19.0 Å². The minimum Gasteiger partial charge on any atom is -0.341 e. The van der Waals surface area contributed by atoms with E-state index in [1.807, 2.05) is 25.7 Å². The van der Waals surface area contributed by atoms with Gasteiger partial charge in [-0.15, -0.1) is 0 Å². The molecule has 0 rings (SSSR count). The van der Waals surface area contributed by atoms with Gasteiger partial charge in [-0.1, -0.05) is 48.5 Å². The lowest BCUT2D eigenvalue weighted by Gasteiger charge is -2.32. The van der Waals surface area contributed by atoms with Gasteiger partial charge in [0.05, 0.1) is 0 Å². The van der Waals surface area contributed by atoms with Crippen molar-refractivity contribution in [3.8, 4) is 0 Å². The maximum Gasteiger partial charge on any atom is 0.227 e. The third kappa shape index (κ3) is 6.39. The molecule has 0 fully saturated rings. The molecular weight excluding hydrogens is 224 g/mol. The lowest BCUT2D eigenvalue weighted by Crippen LogP contribution is -2.45. The summed E-state index contributed by atoms with van der Waals surface area (Å²) < 4.78 is 0. The minimum atomic E-state index is -0.280. The fourth-order valence-electron chi connectivity index (χ4n) is 1.99. The van der Waals surface area contributed by atoms with Crippen molar-refractivity contribution in [2.75, 3.05) is 32.7 Å². The molecule has 0 spiro atoms. The number of likely N-dealkylation sites (N-methyl/N-ethyl adjacent to an activating group) is 1. The van der Waals surface area contributed by atoms with Crippen molar-refractivity contribution in [3.63, 3.8) is 0 Å². The van der Waals surface area contributed by atoms with E-state index in [0.717, 1.165) is 32.7 Å².